The van der Waals surface area contributed by atoms with Gasteiger partial charge in [-0.15, -0.1) is 11.8 Å². The number of carbonyl (C=O) groups is 1. The van der Waals surface area contributed by atoms with Gasteiger partial charge < -0.3 is 5.32 Å². The molecule has 3 rings (SSSR count). The lowest BCUT2D eigenvalue weighted by Gasteiger charge is -2.22. The Balaban J connectivity index is 1.66. The van der Waals surface area contributed by atoms with Gasteiger partial charge in [0.2, 0.25) is 5.91 Å². The molecule has 0 bridgehead atoms. The van der Waals surface area contributed by atoms with Crippen LogP contribution in [0.1, 0.15) is 69.7 Å². The van der Waals surface area contributed by atoms with Crippen LogP contribution in [0.2, 0.25) is 0 Å². The molecule has 1 fully saturated rings. The van der Waals surface area contributed by atoms with Gasteiger partial charge in [-0.2, -0.15) is 0 Å². The molecule has 2 atom stereocenters. The molecule has 132 valence electrons. The van der Waals surface area contributed by atoms with Crippen LogP contribution in [0.25, 0.3) is 0 Å². The summed E-state index contributed by atoms with van der Waals surface area (Å²) in [7, 11) is 0. The van der Waals surface area contributed by atoms with Crippen LogP contribution in [0, 0.1) is 6.92 Å². The van der Waals surface area contributed by atoms with Gasteiger partial charge in [0.1, 0.15) is 15.9 Å². The van der Waals surface area contributed by atoms with Gasteiger partial charge in [-0.3, -0.25) is 4.79 Å². The summed E-state index contributed by atoms with van der Waals surface area (Å²) < 4.78 is 0. The number of carbonyl (C=O) groups excluding carboxylic acids is 1. The van der Waals surface area contributed by atoms with Crippen LogP contribution >= 0.6 is 23.5 Å². The van der Waals surface area contributed by atoms with Gasteiger partial charge in [0, 0.05) is 22.8 Å². The maximum atomic E-state index is 12.3. The first-order valence-electron chi connectivity index (χ1n) is 9.05. The quantitative estimate of drug-likeness (QED) is 0.622. The molecule has 2 heterocycles. The SMILES string of the molecule is CCC1c2c(SCC(=O)NC3CCCCC3)nc(C)nc2SC1C. The number of amides is 1. The Morgan fingerprint density at radius 3 is 2.75 bits per heavy atom. The Labute approximate surface area is 153 Å². The van der Waals surface area contributed by atoms with E-state index in [1.54, 1.807) is 11.8 Å². The lowest BCUT2D eigenvalue weighted by molar-refractivity contribution is -0.119. The van der Waals surface area contributed by atoms with Gasteiger partial charge in [-0.05, 0) is 26.2 Å². The van der Waals surface area contributed by atoms with Crippen molar-refractivity contribution in [3.63, 3.8) is 0 Å². The number of nitrogens with one attached hydrogen (secondary N) is 1. The largest absolute Gasteiger partial charge is 0.353 e. The summed E-state index contributed by atoms with van der Waals surface area (Å²) in [5.41, 5.74) is 1.27. The van der Waals surface area contributed by atoms with Crippen LogP contribution in [-0.4, -0.2) is 32.9 Å². The molecule has 4 nitrogen and oxygen atoms in total. The lowest BCUT2D eigenvalue weighted by atomic mass is 9.95. The molecule has 2 unspecified atom stereocenters. The summed E-state index contributed by atoms with van der Waals surface area (Å²) in [6, 6.07) is 0.378. The van der Waals surface area contributed by atoms with Gasteiger partial charge >= 0.3 is 0 Å². The highest BCUT2D eigenvalue weighted by atomic mass is 32.2. The summed E-state index contributed by atoms with van der Waals surface area (Å²) in [5, 5.41) is 5.87. The van der Waals surface area contributed by atoms with Gasteiger partial charge in [-0.25, -0.2) is 9.97 Å². The summed E-state index contributed by atoms with van der Waals surface area (Å²) in [6.45, 7) is 6.43. The van der Waals surface area contributed by atoms with Crippen LogP contribution in [-0.2, 0) is 4.79 Å². The standard InChI is InChI=1S/C18H27N3OS2/c1-4-14-11(2)24-18-16(14)17(19-12(3)20-18)23-10-15(22)21-13-8-6-5-7-9-13/h11,13-14H,4-10H2,1-3H3,(H,21,22). The smallest absolute Gasteiger partial charge is 0.230 e. The number of thioether (sulfide) groups is 2. The average molecular weight is 366 g/mol. The third-order valence-corrected chi connectivity index (χ3v) is 7.20. The summed E-state index contributed by atoms with van der Waals surface area (Å²) in [4.78, 5) is 21.6. The van der Waals surface area contributed by atoms with E-state index in [-0.39, 0.29) is 5.91 Å². The minimum atomic E-state index is 0.142. The normalized spacial score (nSPS) is 24.0. The molecule has 24 heavy (non-hydrogen) atoms. The fraction of sp³-hybridized carbons (Fsp3) is 0.722. The fourth-order valence-corrected chi connectivity index (χ4v) is 6.15. The van der Waals surface area contributed by atoms with Crippen LogP contribution < -0.4 is 5.32 Å². The van der Waals surface area contributed by atoms with Crippen molar-refractivity contribution in [2.24, 2.45) is 0 Å². The van der Waals surface area contributed by atoms with E-state index in [1.165, 1.54) is 24.8 Å². The van der Waals surface area contributed by atoms with E-state index in [0.717, 1.165) is 35.1 Å². The molecule has 6 heteroatoms. The van der Waals surface area contributed by atoms with Crippen molar-refractivity contribution in [1.82, 2.24) is 15.3 Å². The van der Waals surface area contributed by atoms with Crippen molar-refractivity contribution in [2.45, 2.75) is 86.6 Å². The maximum Gasteiger partial charge on any atom is 0.230 e. The molecule has 1 amide bonds. The molecule has 1 aromatic rings. The minimum Gasteiger partial charge on any atom is -0.353 e. The molecule has 1 saturated carbocycles. The van der Waals surface area contributed by atoms with Crippen LogP contribution in [0.4, 0.5) is 0 Å². The third kappa shape index (κ3) is 4.07. The van der Waals surface area contributed by atoms with E-state index in [2.05, 4.69) is 29.1 Å². The van der Waals surface area contributed by atoms with E-state index in [9.17, 15) is 4.79 Å². The maximum absolute atomic E-state index is 12.3. The predicted molar refractivity (Wildman–Crippen MR) is 101 cm³/mol. The van der Waals surface area contributed by atoms with Crippen molar-refractivity contribution < 1.29 is 4.79 Å². The van der Waals surface area contributed by atoms with Crippen LogP contribution in [0.15, 0.2) is 10.1 Å². The molecular formula is C18H27N3OS2. The molecule has 1 aromatic heterocycles. The zero-order valence-corrected chi connectivity index (χ0v) is 16.4. The molecule has 2 aliphatic rings. The highest BCUT2D eigenvalue weighted by molar-refractivity contribution is 8.01. The van der Waals surface area contributed by atoms with E-state index in [1.807, 2.05) is 18.7 Å². The fourth-order valence-electron chi connectivity index (χ4n) is 3.73. The Hall–Kier alpha value is -0.750. The second-order valence-electron chi connectivity index (χ2n) is 6.82. The number of nitrogens with zero attached hydrogens (tertiary/aromatic N) is 2. The Morgan fingerprint density at radius 1 is 1.29 bits per heavy atom. The second-order valence-corrected chi connectivity index (χ2v) is 9.15. The van der Waals surface area contributed by atoms with Crippen LogP contribution in [0.5, 0.6) is 0 Å². The van der Waals surface area contributed by atoms with Gasteiger partial charge in [0.05, 0.1) is 5.75 Å². The highest BCUT2D eigenvalue weighted by Crippen LogP contribution is 2.48. The first-order valence-corrected chi connectivity index (χ1v) is 10.9. The number of aryl methyl sites for hydroxylation is 1. The third-order valence-electron chi connectivity index (χ3n) is 4.97. The van der Waals surface area contributed by atoms with Crippen molar-refractivity contribution in [3.8, 4) is 0 Å². The topological polar surface area (TPSA) is 54.9 Å². The van der Waals surface area contributed by atoms with E-state index >= 15 is 0 Å². The number of hydrogen-bond acceptors (Lipinski definition) is 5. The number of aromatic nitrogens is 2. The summed E-state index contributed by atoms with van der Waals surface area (Å²) in [6.07, 6.45) is 7.14. The van der Waals surface area contributed by atoms with E-state index in [4.69, 9.17) is 0 Å². The summed E-state index contributed by atoms with van der Waals surface area (Å²) in [5.74, 6) is 1.90. The van der Waals surface area contributed by atoms with Crippen molar-refractivity contribution in [2.75, 3.05) is 5.75 Å². The minimum absolute atomic E-state index is 0.142. The lowest BCUT2D eigenvalue weighted by Crippen LogP contribution is -2.37. The number of rotatable bonds is 5. The van der Waals surface area contributed by atoms with E-state index < -0.39 is 0 Å². The molecular weight excluding hydrogens is 338 g/mol. The zero-order chi connectivity index (χ0) is 17.1. The molecule has 0 aromatic carbocycles. The van der Waals surface area contributed by atoms with Crippen molar-refractivity contribution in [3.05, 3.63) is 11.4 Å². The van der Waals surface area contributed by atoms with Gasteiger partial charge in [0.25, 0.3) is 0 Å². The number of fused-ring (bicyclic) bond motifs is 1. The first-order chi connectivity index (χ1) is 11.6. The summed E-state index contributed by atoms with van der Waals surface area (Å²) >= 11 is 3.43. The molecule has 0 saturated heterocycles. The first kappa shape index (κ1) is 18.1. The predicted octanol–water partition coefficient (Wildman–Crippen LogP) is 4.31. The molecule has 0 radical (unpaired) electrons. The molecule has 0 spiro atoms. The van der Waals surface area contributed by atoms with E-state index in [0.29, 0.717) is 23.0 Å². The monoisotopic (exact) mass is 365 g/mol. The zero-order valence-electron chi connectivity index (χ0n) is 14.8. The molecule has 1 N–H and O–H groups in total. The highest BCUT2D eigenvalue weighted by Gasteiger charge is 2.33. The van der Waals surface area contributed by atoms with Crippen LogP contribution in [0.3, 0.4) is 0 Å². The number of hydrogen-bond donors (Lipinski definition) is 1. The van der Waals surface area contributed by atoms with Gasteiger partial charge in [0.15, 0.2) is 0 Å². The Morgan fingerprint density at radius 2 is 2.04 bits per heavy atom. The van der Waals surface area contributed by atoms with Gasteiger partial charge in [-0.1, -0.05) is 44.9 Å². The molecule has 1 aliphatic carbocycles. The van der Waals surface area contributed by atoms with Crippen molar-refractivity contribution >= 4 is 29.4 Å². The average Bonchev–Trinajstić information content (AvgIpc) is 2.88. The Kier molecular flexibility index (Phi) is 6.08. The molecule has 1 aliphatic heterocycles. The Bertz CT molecular complexity index is 602. The van der Waals surface area contributed by atoms with Crippen molar-refractivity contribution in [1.29, 1.82) is 0 Å². The second kappa shape index (κ2) is 8.09.